The zero-order valence-electron chi connectivity index (χ0n) is 23.7. The lowest BCUT2D eigenvalue weighted by Crippen LogP contribution is -2.45. The van der Waals surface area contributed by atoms with Crippen LogP contribution < -0.4 is 10.6 Å². The number of aromatic nitrogens is 1. The van der Waals surface area contributed by atoms with Gasteiger partial charge in [-0.05, 0) is 49.8 Å². The van der Waals surface area contributed by atoms with E-state index in [4.69, 9.17) is 4.74 Å². The van der Waals surface area contributed by atoms with Crippen molar-refractivity contribution in [3.05, 3.63) is 97.2 Å². The van der Waals surface area contributed by atoms with Gasteiger partial charge in [-0.3, -0.25) is 14.4 Å². The number of ether oxygens (including phenoxy) is 1. The van der Waals surface area contributed by atoms with Crippen molar-refractivity contribution in [3.8, 4) is 0 Å². The molecule has 3 rings (SSSR count). The van der Waals surface area contributed by atoms with Crippen molar-refractivity contribution in [1.82, 2.24) is 15.6 Å². The zero-order valence-corrected chi connectivity index (χ0v) is 23.7. The van der Waals surface area contributed by atoms with E-state index in [9.17, 15) is 19.5 Å². The summed E-state index contributed by atoms with van der Waals surface area (Å²) in [5.41, 5.74) is 2.97. The molecule has 0 aliphatic rings. The Hall–Kier alpha value is -4.17. The van der Waals surface area contributed by atoms with Crippen LogP contribution in [0, 0.1) is 11.8 Å². The van der Waals surface area contributed by atoms with Gasteiger partial charge in [0, 0.05) is 29.6 Å². The van der Waals surface area contributed by atoms with Crippen LogP contribution in [0.5, 0.6) is 0 Å². The van der Waals surface area contributed by atoms with Gasteiger partial charge in [-0.2, -0.15) is 0 Å². The van der Waals surface area contributed by atoms with Crippen LogP contribution in [0.15, 0.2) is 86.1 Å². The van der Waals surface area contributed by atoms with E-state index in [0.717, 1.165) is 22.0 Å². The maximum absolute atomic E-state index is 13.4. The summed E-state index contributed by atoms with van der Waals surface area (Å²) in [5.74, 6) is -2.07. The highest BCUT2D eigenvalue weighted by Crippen LogP contribution is 2.21. The molecule has 1 aromatic heterocycles. The highest BCUT2D eigenvalue weighted by Gasteiger charge is 2.26. The summed E-state index contributed by atoms with van der Waals surface area (Å²) < 4.78 is 5.80. The number of carbonyl (C=O) groups is 3. The Morgan fingerprint density at radius 1 is 0.951 bits per heavy atom. The second-order valence-corrected chi connectivity index (χ2v) is 10.4. The molecule has 0 bridgehead atoms. The highest BCUT2D eigenvalue weighted by atomic mass is 16.5. The molecule has 8 nitrogen and oxygen atoms in total. The minimum atomic E-state index is -0.661. The molecule has 8 heteroatoms. The van der Waals surface area contributed by atoms with E-state index in [1.807, 2.05) is 60.8 Å². The monoisotopic (exact) mass is 559 g/mol. The minimum Gasteiger partial charge on any atom is -0.463 e. The lowest BCUT2D eigenvalue weighted by Gasteiger charge is -2.23. The number of nitrogens with one attached hydrogen (secondary N) is 3. The molecule has 0 fully saturated rings. The van der Waals surface area contributed by atoms with Crippen molar-refractivity contribution < 1.29 is 24.2 Å². The zero-order chi connectivity index (χ0) is 29.6. The molecule has 0 saturated heterocycles. The number of rotatable bonds is 17. The first-order valence-electron chi connectivity index (χ1n) is 14.0. The third-order valence-electron chi connectivity index (χ3n) is 6.96. The standard InChI is InChI=1S/C33H41N3O5/c1-4-11-25(19-31(38)35-23(3)21-37)32(39)36-28(18-27-20-34-30-16-10-9-15-29(27)30)22-41-33(40)26(12-5-2)17-24-13-7-6-8-14-24/h4-10,13-16,20,23,25-26,28,34,37H,1-2,11-12,17-19,21-22H2,3H3,(H,35,38)(H,36,39)/t23-,25+,26-,28+/m1/s1. The number of esters is 1. The van der Waals surface area contributed by atoms with Crippen LogP contribution in [0.4, 0.5) is 0 Å². The highest BCUT2D eigenvalue weighted by molar-refractivity contribution is 5.86. The second kappa shape index (κ2) is 16.2. The summed E-state index contributed by atoms with van der Waals surface area (Å²) in [6.07, 6.45) is 6.86. The van der Waals surface area contributed by atoms with Crippen LogP contribution >= 0.6 is 0 Å². The fourth-order valence-corrected chi connectivity index (χ4v) is 4.79. The Morgan fingerprint density at radius 2 is 1.63 bits per heavy atom. The number of amides is 2. The number of H-pyrrole nitrogens is 1. The van der Waals surface area contributed by atoms with Gasteiger partial charge in [0.15, 0.2) is 0 Å². The van der Waals surface area contributed by atoms with Crippen LogP contribution in [-0.4, -0.2) is 53.2 Å². The molecule has 0 saturated carbocycles. The molecule has 1 heterocycles. The maximum Gasteiger partial charge on any atom is 0.309 e. The van der Waals surface area contributed by atoms with Crippen LogP contribution in [0.1, 0.15) is 37.3 Å². The number of allylic oxidation sites excluding steroid dienone is 2. The molecule has 41 heavy (non-hydrogen) atoms. The second-order valence-electron chi connectivity index (χ2n) is 10.4. The van der Waals surface area contributed by atoms with Gasteiger partial charge in [-0.25, -0.2) is 0 Å². The van der Waals surface area contributed by atoms with Crippen LogP contribution in [0.25, 0.3) is 10.9 Å². The average Bonchev–Trinajstić information content (AvgIpc) is 3.38. The molecule has 0 spiro atoms. The van der Waals surface area contributed by atoms with E-state index in [2.05, 4.69) is 28.8 Å². The number of hydrogen-bond acceptors (Lipinski definition) is 5. The number of aromatic amines is 1. The van der Waals surface area contributed by atoms with Gasteiger partial charge in [-0.15, -0.1) is 13.2 Å². The first-order valence-corrected chi connectivity index (χ1v) is 14.0. The summed E-state index contributed by atoms with van der Waals surface area (Å²) in [6, 6.07) is 16.7. The normalized spacial score (nSPS) is 13.9. The Morgan fingerprint density at radius 3 is 2.34 bits per heavy atom. The topological polar surface area (TPSA) is 121 Å². The molecule has 0 unspecified atom stereocenters. The van der Waals surface area contributed by atoms with E-state index in [1.165, 1.54) is 0 Å². The number of carbonyl (C=O) groups excluding carboxylic acids is 3. The predicted octanol–water partition coefficient (Wildman–Crippen LogP) is 4.25. The number of benzene rings is 2. The fraction of sp³-hybridized carbons (Fsp3) is 0.364. The van der Waals surface area contributed by atoms with Crippen LogP contribution in [0.2, 0.25) is 0 Å². The van der Waals surface area contributed by atoms with Crippen molar-refractivity contribution in [3.63, 3.8) is 0 Å². The summed E-state index contributed by atoms with van der Waals surface area (Å²) >= 11 is 0. The Bertz CT molecular complexity index is 1300. The minimum absolute atomic E-state index is 0.0267. The number of fused-ring (bicyclic) bond motifs is 1. The maximum atomic E-state index is 13.4. The molecule has 0 radical (unpaired) electrons. The van der Waals surface area contributed by atoms with Crippen molar-refractivity contribution in [2.45, 2.75) is 51.1 Å². The SMILES string of the molecule is C=CC[C@@H](CC(=O)N[C@H](C)CO)C(=O)N[C@H](COC(=O)[C@H](CC=C)Cc1ccccc1)Cc1c[nH]c2ccccc12. The molecule has 4 N–H and O–H groups in total. The molecular formula is C33H41N3O5. The number of aliphatic hydroxyl groups is 1. The smallest absolute Gasteiger partial charge is 0.309 e. The molecule has 4 atom stereocenters. The van der Waals surface area contributed by atoms with Crippen molar-refractivity contribution in [2.75, 3.05) is 13.2 Å². The number of para-hydroxylation sites is 1. The van der Waals surface area contributed by atoms with E-state index in [0.29, 0.717) is 25.7 Å². The van der Waals surface area contributed by atoms with Crippen molar-refractivity contribution in [2.24, 2.45) is 11.8 Å². The Labute approximate surface area is 241 Å². The summed E-state index contributed by atoms with van der Waals surface area (Å²) in [4.78, 5) is 42.3. The number of aliphatic hydroxyl groups excluding tert-OH is 1. The van der Waals surface area contributed by atoms with Gasteiger partial charge in [0.1, 0.15) is 6.61 Å². The van der Waals surface area contributed by atoms with Gasteiger partial charge in [-0.1, -0.05) is 60.7 Å². The lowest BCUT2D eigenvalue weighted by atomic mass is 9.96. The third-order valence-corrected chi connectivity index (χ3v) is 6.96. The van der Waals surface area contributed by atoms with Gasteiger partial charge in [0.25, 0.3) is 0 Å². The first-order chi connectivity index (χ1) is 19.8. The lowest BCUT2D eigenvalue weighted by molar-refractivity contribution is -0.149. The van der Waals surface area contributed by atoms with Gasteiger partial charge in [0.05, 0.1) is 24.5 Å². The molecule has 0 aliphatic heterocycles. The third kappa shape index (κ3) is 9.76. The molecular weight excluding hydrogens is 518 g/mol. The van der Waals surface area contributed by atoms with Gasteiger partial charge < -0.3 is 25.5 Å². The first kappa shape index (κ1) is 31.4. The quantitative estimate of drug-likeness (QED) is 0.146. The van der Waals surface area contributed by atoms with Crippen LogP contribution in [0.3, 0.4) is 0 Å². The Balaban J connectivity index is 1.75. The predicted molar refractivity (Wildman–Crippen MR) is 161 cm³/mol. The molecule has 3 aromatic rings. The molecule has 218 valence electrons. The molecule has 2 amide bonds. The van der Waals surface area contributed by atoms with Crippen LogP contribution in [-0.2, 0) is 32.0 Å². The summed E-state index contributed by atoms with van der Waals surface area (Å²) in [6.45, 7) is 9.00. The van der Waals surface area contributed by atoms with Gasteiger partial charge in [0.2, 0.25) is 11.8 Å². The van der Waals surface area contributed by atoms with E-state index in [1.54, 1.807) is 19.1 Å². The van der Waals surface area contributed by atoms with Gasteiger partial charge >= 0.3 is 5.97 Å². The molecule has 0 aliphatic carbocycles. The fourth-order valence-electron chi connectivity index (χ4n) is 4.79. The summed E-state index contributed by atoms with van der Waals surface area (Å²) in [5, 5.41) is 16.0. The average molecular weight is 560 g/mol. The van der Waals surface area contributed by atoms with E-state index < -0.39 is 23.9 Å². The Kier molecular flexibility index (Phi) is 12.4. The molecule has 2 aromatic carbocycles. The summed E-state index contributed by atoms with van der Waals surface area (Å²) in [7, 11) is 0. The largest absolute Gasteiger partial charge is 0.463 e. The number of hydrogen-bond donors (Lipinski definition) is 4. The van der Waals surface area contributed by atoms with E-state index in [-0.39, 0.29) is 37.4 Å². The van der Waals surface area contributed by atoms with Crippen molar-refractivity contribution >= 4 is 28.7 Å². The van der Waals surface area contributed by atoms with Crippen molar-refractivity contribution in [1.29, 1.82) is 0 Å². The van der Waals surface area contributed by atoms with E-state index >= 15 is 0 Å².